The number of ether oxygens (including phenoxy) is 3. The molecule has 6 nitrogen and oxygen atoms in total. The van der Waals surface area contributed by atoms with Gasteiger partial charge < -0.3 is 14.2 Å². The monoisotopic (exact) mass is 356 g/mol. The van der Waals surface area contributed by atoms with Crippen molar-refractivity contribution in [2.75, 3.05) is 13.7 Å². The number of carbonyl (C=O) groups excluding carboxylic acids is 3. The Morgan fingerprint density at radius 3 is 2.33 bits per heavy atom. The number of esters is 3. The van der Waals surface area contributed by atoms with Crippen LogP contribution in [-0.2, 0) is 23.9 Å². The lowest BCUT2D eigenvalue weighted by Gasteiger charge is -2.04. The highest BCUT2D eigenvalue weighted by Gasteiger charge is 2.07. The number of carbonyl (C=O) groups is 3. The molecule has 0 aromatic heterocycles. The molecular formula is C14H13BrO6. The molecule has 0 saturated carbocycles. The molecule has 0 bridgehead atoms. The summed E-state index contributed by atoms with van der Waals surface area (Å²) >= 11 is 3.26. The van der Waals surface area contributed by atoms with Crippen molar-refractivity contribution < 1.29 is 28.6 Å². The maximum Gasteiger partial charge on any atom is 0.331 e. The summed E-state index contributed by atoms with van der Waals surface area (Å²) in [6, 6.07) is 6.74. The summed E-state index contributed by atoms with van der Waals surface area (Å²) in [5, 5.41) is 0. The summed E-state index contributed by atoms with van der Waals surface area (Å²) < 4.78 is 14.9. The minimum atomic E-state index is -0.739. The SMILES string of the molecule is COC(=O)C=CC(=O)OCCC(=O)Oc1ccc(Br)cc1. The van der Waals surface area contributed by atoms with Gasteiger partial charge in [-0.1, -0.05) is 15.9 Å². The van der Waals surface area contributed by atoms with Crippen LogP contribution in [0.1, 0.15) is 6.42 Å². The third kappa shape index (κ3) is 7.26. The number of hydrogen-bond donors (Lipinski definition) is 0. The van der Waals surface area contributed by atoms with Crippen LogP contribution < -0.4 is 4.74 Å². The maximum atomic E-state index is 11.5. The first-order chi connectivity index (χ1) is 10.0. The average Bonchev–Trinajstić information content (AvgIpc) is 2.47. The second kappa shape index (κ2) is 8.91. The molecule has 0 aliphatic carbocycles. The molecule has 21 heavy (non-hydrogen) atoms. The molecule has 0 heterocycles. The molecule has 112 valence electrons. The summed E-state index contributed by atoms with van der Waals surface area (Å²) in [7, 11) is 1.19. The molecule has 1 rings (SSSR count). The van der Waals surface area contributed by atoms with Crippen LogP contribution >= 0.6 is 15.9 Å². The van der Waals surface area contributed by atoms with Gasteiger partial charge in [0, 0.05) is 16.6 Å². The summed E-state index contributed by atoms with van der Waals surface area (Å²) in [6.07, 6.45) is 1.77. The van der Waals surface area contributed by atoms with Crippen molar-refractivity contribution in [3.05, 3.63) is 40.9 Å². The summed E-state index contributed by atoms with van der Waals surface area (Å²) in [6.45, 7) is -0.139. The zero-order chi connectivity index (χ0) is 15.7. The van der Waals surface area contributed by atoms with E-state index in [1.165, 1.54) is 7.11 Å². The Kier molecular flexibility index (Phi) is 7.17. The molecule has 0 spiro atoms. The molecule has 0 saturated heterocycles. The maximum absolute atomic E-state index is 11.5. The Morgan fingerprint density at radius 2 is 1.71 bits per heavy atom. The van der Waals surface area contributed by atoms with E-state index in [-0.39, 0.29) is 13.0 Å². The van der Waals surface area contributed by atoms with Gasteiger partial charge in [-0.3, -0.25) is 4.79 Å². The van der Waals surface area contributed by atoms with E-state index < -0.39 is 17.9 Å². The van der Waals surface area contributed by atoms with Crippen LogP contribution in [0.4, 0.5) is 0 Å². The van der Waals surface area contributed by atoms with Crippen LogP contribution in [0.2, 0.25) is 0 Å². The summed E-state index contributed by atoms with van der Waals surface area (Å²) in [5.74, 6) is -1.53. The lowest BCUT2D eigenvalue weighted by Crippen LogP contribution is -2.13. The predicted octanol–water partition coefficient (Wildman–Crippen LogP) is 2.02. The van der Waals surface area contributed by atoms with Crippen molar-refractivity contribution >= 4 is 33.8 Å². The van der Waals surface area contributed by atoms with E-state index >= 15 is 0 Å². The highest BCUT2D eigenvalue weighted by molar-refractivity contribution is 9.10. The van der Waals surface area contributed by atoms with Gasteiger partial charge in [0.2, 0.25) is 0 Å². The van der Waals surface area contributed by atoms with Crippen LogP contribution in [0, 0.1) is 0 Å². The van der Waals surface area contributed by atoms with E-state index in [1.54, 1.807) is 24.3 Å². The normalized spacial score (nSPS) is 10.2. The fourth-order valence-electron chi connectivity index (χ4n) is 1.17. The summed E-state index contributed by atoms with van der Waals surface area (Å²) in [5.41, 5.74) is 0. The molecule has 0 N–H and O–H groups in total. The van der Waals surface area contributed by atoms with Gasteiger partial charge in [-0.2, -0.15) is 0 Å². The van der Waals surface area contributed by atoms with Crippen molar-refractivity contribution in [2.45, 2.75) is 6.42 Å². The van der Waals surface area contributed by atoms with Crippen molar-refractivity contribution in [1.29, 1.82) is 0 Å². The number of methoxy groups -OCH3 is 1. The third-order valence-electron chi connectivity index (χ3n) is 2.15. The first-order valence-electron chi connectivity index (χ1n) is 5.90. The molecule has 0 aliphatic rings. The molecule has 0 fully saturated rings. The van der Waals surface area contributed by atoms with Crippen molar-refractivity contribution in [2.24, 2.45) is 0 Å². The smallest absolute Gasteiger partial charge is 0.331 e. The zero-order valence-corrected chi connectivity index (χ0v) is 12.8. The Morgan fingerprint density at radius 1 is 1.10 bits per heavy atom. The Labute approximate surface area is 129 Å². The van der Waals surface area contributed by atoms with Gasteiger partial charge in [-0.15, -0.1) is 0 Å². The second-order valence-electron chi connectivity index (χ2n) is 3.70. The third-order valence-corrected chi connectivity index (χ3v) is 2.68. The fourth-order valence-corrected chi connectivity index (χ4v) is 1.44. The number of rotatable bonds is 6. The topological polar surface area (TPSA) is 78.9 Å². The Balaban J connectivity index is 2.27. The lowest BCUT2D eigenvalue weighted by atomic mass is 10.3. The first kappa shape index (κ1) is 16.9. The van der Waals surface area contributed by atoms with Gasteiger partial charge in [0.1, 0.15) is 12.4 Å². The van der Waals surface area contributed by atoms with Gasteiger partial charge in [0.25, 0.3) is 0 Å². The zero-order valence-electron chi connectivity index (χ0n) is 11.2. The van der Waals surface area contributed by atoms with E-state index in [0.29, 0.717) is 5.75 Å². The van der Waals surface area contributed by atoms with E-state index in [0.717, 1.165) is 16.6 Å². The fraction of sp³-hybridized carbons (Fsp3) is 0.214. The molecule has 1 aromatic carbocycles. The quantitative estimate of drug-likeness (QED) is 0.440. The van der Waals surface area contributed by atoms with Gasteiger partial charge >= 0.3 is 17.9 Å². The highest BCUT2D eigenvalue weighted by atomic mass is 79.9. The molecule has 0 aliphatic heterocycles. The van der Waals surface area contributed by atoms with E-state index in [2.05, 4.69) is 20.7 Å². The number of hydrogen-bond acceptors (Lipinski definition) is 6. The largest absolute Gasteiger partial charge is 0.466 e. The average molecular weight is 357 g/mol. The van der Waals surface area contributed by atoms with Crippen molar-refractivity contribution in [3.63, 3.8) is 0 Å². The van der Waals surface area contributed by atoms with Gasteiger partial charge in [-0.25, -0.2) is 9.59 Å². The van der Waals surface area contributed by atoms with Crippen LogP contribution in [0.15, 0.2) is 40.9 Å². The Bertz CT molecular complexity index is 535. The van der Waals surface area contributed by atoms with Crippen LogP contribution in [0.25, 0.3) is 0 Å². The molecule has 7 heteroatoms. The molecule has 0 radical (unpaired) electrons. The lowest BCUT2D eigenvalue weighted by molar-refractivity contribution is -0.142. The standard InChI is InChI=1S/C14H13BrO6/c1-19-12(16)6-7-13(17)20-9-8-14(18)21-11-4-2-10(15)3-5-11/h2-7H,8-9H2,1H3. The molecular weight excluding hydrogens is 344 g/mol. The minimum absolute atomic E-state index is 0.0894. The first-order valence-corrected chi connectivity index (χ1v) is 6.69. The minimum Gasteiger partial charge on any atom is -0.466 e. The molecule has 1 aromatic rings. The highest BCUT2D eigenvalue weighted by Crippen LogP contribution is 2.16. The van der Waals surface area contributed by atoms with Gasteiger partial charge in [-0.05, 0) is 24.3 Å². The predicted molar refractivity (Wildman–Crippen MR) is 76.5 cm³/mol. The molecule has 0 unspecified atom stereocenters. The summed E-state index contributed by atoms with van der Waals surface area (Å²) in [4.78, 5) is 33.4. The number of benzene rings is 1. The second-order valence-corrected chi connectivity index (χ2v) is 4.62. The number of halogens is 1. The van der Waals surface area contributed by atoms with Gasteiger partial charge in [0.15, 0.2) is 0 Å². The van der Waals surface area contributed by atoms with Crippen molar-refractivity contribution in [1.82, 2.24) is 0 Å². The Hall–Kier alpha value is -2.15. The van der Waals surface area contributed by atoms with Crippen LogP contribution in [0.3, 0.4) is 0 Å². The molecule has 0 amide bonds. The van der Waals surface area contributed by atoms with Gasteiger partial charge in [0.05, 0.1) is 13.5 Å². The molecule has 0 atom stereocenters. The van der Waals surface area contributed by atoms with Crippen molar-refractivity contribution in [3.8, 4) is 5.75 Å². The van der Waals surface area contributed by atoms with Crippen LogP contribution in [-0.4, -0.2) is 31.6 Å². The van der Waals surface area contributed by atoms with E-state index in [1.807, 2.05) is 0 Å². The van der Waals surface area contributed by atoms with Crippen LogP contribution in [0.5, 0.6) is 5.75 Å². The van der Waals surface area contributed by atoms with E-state index in [4.69, 9.17) is 9.47 Å². The van der Waals surface area contributed by atoms with E-state index in [9.17, 15) is 14.4 Å².